The lowest BCUT2D eigenvalue weighted by Gasteiger charge is -2.35. The van der Waals surface area contributed by atoms with Gasteiger partial charge in [-0.25, -0.2) is 13.5 Å². The number of nitrogens with zero attached hydrogens (tertiary/aromatic N) is 5. The first-order valence-electron chi connectivity index (χ1n) is 13.1. The van der Waals surface area contributed by atoms with E-state index in [-0.39, 0.29) is 17.0 Å². The molecule has 0 bridgehead atoms. The third-order valence-corrected chi connectivity index (χ3v) is 7.66. The van der Waals surface area contributed by atoms with Crippen LogP contribution in [0.1, 0.15) is 42.5 Å². The lowest BCUT2D eigenvalue weighted by atomic mass is 9.84. The summed E-state index contributed by atoms with van der Waals surface area (Å²) in [7, 11) is 0. The summed E-state index contributed by atoms with van der Waals surface area (Å²) in [6.07, 6.45) is -2.51. The van der Waals surface area contributed by atoms with Gasteiger partial charge in [-0.2, -0.15) is 22.0 Å². The maximum Gasteiger partial charge on any atom is 0.416 e. The van der Waals surface area contributed by atoms with Gasteiger partial charge in [0.25, 0.3) is 5.91 Å². The molecule has 0 aliphatic heterocycles. The monoisotopic (exact) mass is 660 g/mol. The molecule has 5 aromatic rings. The highest BCUT2D eigenvalue weighted by molar-refractivity contribution is 7.14. The van der Waals surface area contributed by atoms with E-state index in [2.05, 4.69) is 37.7 Å². The number of nitrogens with one attached hydrogen (secondary N) is 1. The van der Waals surface area contributed by atoms with Crippen molar-refractivity contribution >= 4 is 17.2 Å². The van der Waals surface area contributed by atoms with Crippen LogP contribution in [0.3, 0.4) is 0 Å². The first-order chi connectivity index (χ1) is 21.8. The second kappa shape index (κ2) is 12.7. The van der Waals surface area contributed by atoms with E-state index >= 15 is 8.78 Å². The molecule has 1 amide bonds. The molecule has 5 rings (SSSR count). The standard InChI is InChI=1S/C30H19F7N6O2S/c31-21-7-10-23(24(32)13-21)28(45,16-43-17-40-41-42-43)29(33,34)26-12-4-19(14-38-26)3-8-22-9-11-25(46-22)27(44)39-15-18-1-5-20(6-2-18)30(35,36)37/h1-2,4-7,9-14,17,45H,15-16H2,(H,39,44). The van der Waals surface area contributed by atoms with Gasteiger partial charge < -0.3 is 10.4 Å². The lowest BCUT2D eigenvalue weighted by molar-refractivity contribution is -0.207. The number of tetrazole rings is 1. The van der Waals surface area contributed by atoms with Crippen molar-refractivity contribution in [1.82, 2.24) is 30.5 Å². The van der Waals surface area contributed by atoms with E-state index in [4.69, 9.17) is 0 Å². The average molecular weight is 661 g/mol. The molecule has 3 aromatic heterocycles. The summed E-state index contributed by atoms with van der Waals surface area (Å²) >= 11 is 1.03. The molecule has 236 valence electrons. The summed E-state index contributed by atoms with van der Waals surface area (Å²) < 4.78 is 98.9. The zero-order chi connectivity index (χ0) is 33.1. The number of thiophene rings is 1. The molecule has 0 radical (unpaired) electrons. The summed E-state index contributed by atoms with van der Waals surface area (Å²) in [5.41, 5.74) is -5.28. The third-order valence-electron chi connectivity index (χ3n) is 6.66. The van der Waals surface area contributed by atoms with Gasteiger partial charge in [0.1, 0.15) is 23.7 Å². The Morgan fingerprint density at radius 1 is 0.957 bits per heavy atom. The van der Waals surface area contributed by atoms with Crippen molar-refractivity contribution in [3.8, 4) is 11.8 Å². The Hall–Kier alpha value is -5.14. The van der Waals surface area contributed by atoms with Crippen molar-refractivity contribution in [3.63, 3.8) is 0 Å². The zero-order valence-corrected chi connectivity index (χ0v) is 23.9. The summed E-state index contributed by atoms with van der Waals surface area (Å²) in [5, 5.41) is 24.0. The summed E-state index contributed by atoms with van der Waals surface area (Å²) in [6.45, 7) is -1.01. The second-order valence-corrected chi connectivity index (χ2v) is 10.9. The van der Waals surface area contributed by atoms with Crippen molar-refractivity contribution in [2.75, 3.05) is 0 Å². The number of benzene rings is 2. The number of hydrogen-bond donors (Lipinski definition) is 2. The molecule has 0 spiro atoms. The molecule has 0 saturated carbocycles. The molecule has 2 aromatic carbocycles. The number of halogens is 7. The fourth-order valence-electron chi connectivity index (χ4n) is 4.27. The SMILES string of the molecule is O=C(NCc1ccc(C(F)(F)F)cc1)c1ccc(C#Cc2ccc(C(F)(F)C(O)(Cn3cnnn3)c3ccc(F)cc3F)nc2)s1. The Bertz CT molecular complexity index is 1900. The van der Waals surface area contributed by atoms with Gasteiger partial charge in [0.15, 0.2) is 5.60 Å². The van der Waals surface area contributed by atoms with Crippen molar-refractivity contribution in [3.05, 3.63) is 129 Å². The van der Waals surface area contributed by atoms with Crippen molar-refractivity contribution < 1.29 is 40.6 Å². The van der Waals surface area contributed by atoms with Crippen molar-refractivity contribution in [2.24, 2.45) is 0 Å². The van der Waals surface area contributed by atoms with Crippen LogP contribution in [-0.2, 0) is 30.8 Å². The van der Waals surface area contributed by atoms with Crippen LogP contribution in [-0.4, -0.2) is 36.2 Å². The van der Waals surface area contributed by atoms with Crippen LogP contribution >= 0.6 is 11.3 Å². The van der Waals surface area contributed by atoms with Gasteiger partial charge in [-0.05, 0) is 64.5 Å². The molecule has 0 aliphatic rings. The van der Waals surface area contributed by atoms with Gasteiger partial charge in [-0.3, -0.25) is 9.78 Å². The van der Waals surface area contributed by atoms with Crippen LogP contribution < -0.4 is 5.32 Å². The number of carbonyl (C=O) groups excluding carboxylic acids is 1. The Morgan fingerprint density at radius 2 is 1.72 bits per heavy atom. The topological polar surface area (TPSA) is 106 Å². The Balaban J connectivity index is 1.29. The number of aliphatic hydroxyl groups is 1. The molecule has 3 heterocycles. The molecule has 0 fully saturated rings. The van der Waals surface area contributed by atoms with E-state index in [9.17, 15) is 31.9 Å². The molecule has 8 nitrogen and oxygen atoms in total. The molecule has 1 atom stereocenters. The minimum Gasteiger partial charge on any atom is -0.377 e. The molecule has 16 heteroatoms. The Labute approximate surface area is 259 Å². The molecule has 2 N–H and O–H groups in total. The van der Waals surface area contributed by atoms with Gasteiger partial charge >= 0.3 is 12.1 Å². The van der Waals surface area contributed by atoms with Gasteiger partial charge in [0.05, 0.1) is 21.9 Å². The Kier molecular flexibility index (Phi) is 8.90. The highest BCUT2D eigenvalue weighted by atomic mass is 32.1. The first kappa shape index (κ1) is 32.3. The number of alkyl halides is 5. The fraction of sp³-hybridized carbons (Fsp3) is 0.167. The Morgan fingerprint density at radius 3 is 2.35 bits per heavy atom. The molecule has 46 heavy (non-hydrogen) atoms. The second-order valence-electron chi connectivity index (χ2n) is 9.79. The highest BCUT2D eigenvalue weighted by Gasteiger charge is 2.58. The molecule has 1 unspecified atom stereocenters. The van der Waals surface area contributed by atoms with E-state index < -0.39 is 58.6 Å². The summed E-state index contributed by atoms with van der Waals surface area (Å²) in [4.78, 5) is 17.0. The third kappa shape index (κ3) is 6.90. The summed E-state index contributed by atoms with van der Waals surface area (Å²) in [6, 6.07) is 11.3. The van der Waals surface area contributed by atoms with Crippen LogP contribution in [0.5, 0.6) is 0 Å². The average Bonchev–Trinajstić information content (AvgIpc) is 3.71. The molecular formula is C30H19F7N6O2S. The lowest BCUT2D eigenvalue weighted by Crippen LogP contribution is -2.48. The molecular weight excluding hydrogens is 641 g/mol. The predicted molar refractivity (Wildman–Crippen MR) is 149 cm³/mol. The number of rotatable bonds is 8. The van der Waals surface area contributed by atoms with Gasteiger partial charge in [-0.1, -0.05) is 24.0 Å². The van der Waals surface area contributed by atoms with Crippen LogP contribution in [0.4, 0.5) is 30.7 Å². The number of carbonyl (C=O) groups is 1. The predicted octanol–water partition coefficient (Wildman–Crippen LogP) is 5.44. The van der Waals surface area contributed by atoms with E-state index in [0.717, 1.165) is 52.8 Å². The van der Waals surface area contributed by atoms with E-state index in [1.165, 1.54) is 24.3 Å². The van der Waals surface area contributed by atoms with E-state index in [1.807, 2.05) is 0 Å². The minimum atomic E-state index is -4.46. The smallest absolute Gasteiger partial charge is 0.377 e. The van der Waals surface area contributed by atoms with Gasteiger partial charge in [0, 0.05) is 29.9 Å². The number of amides is 1. The quantitative estimate of drug-likeness (QED) is 0.170. The van der Waals surface area contributed by atoms with E-state index in [1.54, 1.807) is 6.07 Å². The molecule has 0 aliphatic carbocycles. The van der Waals surface area contributed by atoms with Crippen LogP contribution in [0.15, 0.2) is 79.3 Å². The number of aromatic nitrogens is 5. The van der Waals surface area contributed by atoms with Crippen LogP contribution in [0.2, 0.25) is 0 Å². The highest BCUT2D eigenvalue weighted by Crippen LogP contribution is 2.46. The first-order valence-corrected chi connectivity index (χ1v) is 13.9. The van der Waals surface area contributed by atoms with Crippen molar-refractivity contribution in [1.29, 1.82) is 0 Å². The van der Waals surface area contributed by atoms with Crippen LogP contribution in [0, 0.1) is 23.5 Å². The maximum absolute atomic E-state index is 15.9. The van der Waals surface area contributed by atoms with Gasteiger partial charge in [0.2, 0.25) is 0 Å². The van der Waals surface area contributed by atoms with Crippen molar-refractivity contribution in [2.45, 2.75) is 30.8 Å². The minimum absolute atomic E-state index is 0.00279. The largest absolute Gasteiger partial charge is 0.416 e. The van der Waals surface area contributed by atoms with Gasteiger partial charge in [-0.15, -0.1) is 16.4 Å². The fourth-order valence-corrected chi connectivity index (χ4v) is 5.05. The molecule has 0 saturated heterocycles. The summed E-state index contributed by atoms with van der Waals surface area (Å²) in [5.74, 6) is -1.66. The normalized spacial score (nSPS) is 13.0. The maximum atomic E-state index is 15.9. The van der Waals surface area contributed by atoms with Crippen LogP contribution in [0.25, 0.3) is 0 Å². The number of hydrogen-bond acceptors (Lipinski definition) is 7. The van der Waals surface area contributed by atoms with E-state index in [0.29, 0.717) is 22.6 Å². The zero-order valence-electron chi connectivity index (χ0n) is 23.1. The number of pyridine rings is 1.